The minimum absolute atomic E-state index is 0.0776. The second-order valence-corrected chi connectivity index (χ2v) is 10.3. The molecule has 0 fully saturated rings. The molecule has 0 aromatic carbocycles. The SMILES string of the molecule is CCCCCCCCCC/C=C/CCCCCCCC[N+](CCC(=O)O)(CCC(=O)O)CCC(=O)O. The maximum absolute atomic E-state index is 11.1. The zero-order valence-electron chi connectivity index (χ0n) is 22.9. The number of quaternary nitrogens is 1. The van der Waals surface area contributed by atoms with Gasteiger partial charge in [0.05, 0.1) is 45.4 Å². The molecule has 0 heterocycles. The minimum Gasteiger partial charge on any atom is -0.481 e. The van der Waals surface area contributed by atoms with Crippen molar-refractivity contribution in [3.63, 3.8) is 0 Å². The molecule has 0 spiro atoms. The first-order valence-corrected chi connectivity index (χ1v) is 14.5. The molecule has 210 valence electrons. The minimum atomic E-state index is -0.935. The van der Waals surface area contributed by atoms with Gasteiger partial charge in [0.2, 0.25) is 0 Å². The van der Waals surface area contributed by atoms with Gasteiger partial charge in [-0.15, -0.1) is 0 Å². The predicted molar refractivity (Wildman–Crippen MR) is 145 cm³/mol. The van der Waals surface area contributed by atoms with E-state index in [2.05, 4.69) is 19.1 Å². The summed E-state index contributed by atoms with van der Waals surface area (Å²) in [6.45, 7) is 3.73. The third-order valence-corrected chi connectivity index (χ3v) is 7.04. The quantitative estimate of drug-likeness (QED) is 0.0618. The summed E-state index contributed by atoms with van der Waals surface area (Å²) in [6, 6.07) is 0. The lowest BCUT2D eigenvalue weighted by Gasteiger charge is -2.38. The number of carbonyl (C=O) groups is 3. The number of rotatable bonds is 27. The molecule has 0 rings (SSSR count). The van der Waals surface area contributed by atoms with Gasteiger partial charge in [-0.1, -0.05) is 83.3 Å². The number of hydrogen-bond donors (Lipinski definition) is 3. The molecule has 0 unspecified atom stereocenters. The molecule has 3 N–H and O–H groups in total. The van der Waals surface area contributed by atoms with Crippen LogP contribution in [0.5, 0.6) is 0 Å². The Kier molecular flexibility index (Phi) is 22.3. The first-order chi connectivity index (χ1) is 17.3. The zero-order chi connectivity index (χ0) is 26.9. The fourth-order valence-electron chi connectivity index (χ4n) is 4.72. The lowest BCUT2D eigenvalue weighted by molar-refractivity contribution is -0.927. The second kappa shape index (κ2) is 23.5. The maximum Gasteiger partial charge on any atom is 0.309 e. The Morgan fingerprint density at radius 1 is 0.500 bits per heavy atom. The maximum atomic E-state index is 11.1. The lowest BCUT2D eigenvalue weighted by atomic mass is 10.1. The molecule has 0 aliphatic heterocycles. The van der Waals surface area contributed by atoms with Gasteiger partial charge in [0.1, 0.15) is 0 Å². The van der Waals surface area contributed by atoms with Crippen LogP contribution in [-0.4, -0.2) is 63.9 Å². The molecule has 7 nitrogen and oxygen atoms in total. The Bertz CT molecular complexity index is 559. The number of allylic oxidation sites excluding steroid dienone is 2. The van der Waals surface area contributed by atoms with E-state index in [4.69, 9.17) is 15.3 Å². The normalized spacial score (nSPS) is 11.8. The van der Waals surface area contributed by atoms with Crippen molar-refractivity contribution in [1.29, 1.82) is 0 Å². The summed E-state index contributed by atoms with van der Waals surface area (Å²) in [7, 11) is 0. The van der Waals surface area contributed by atoms with Gasteiger partial charge in [-0.25, -0.2) is 0 Å². The summed E-state index contributed by atoms with van der Waals surface area (Å²) in [6.07, 6.45) is 24.1. The monoisotopic (exact) mass is 512 g/mol. The van der Waals surface area contributed by atoms with Gasteiger partial charge in [0, 0.05) is 0 Å². The molecule has 0 aliphatic carbocycles. The van der Waals surface area contributed by atoms with E-state index < -0.39 is 17.9 Å². The summed E-state index contributed by atoms with van der Waals surface area (Å²) in [5.41, 5.74) is 0. The first-order valence-electron chi connectivity index (χ1n) is 14.5. The highest BCUT2D eigenvalue weighted by Gasteiger charge is 2.29. The van der Waals surface area contributed by atoms with Crippen molar-refractivity contribution >= 4 is 17.9 Å². The first kappa shape index (κ1) is 34.1. The molecule has 0 amide bonds. The Morgan fingerprint density at radius 3 is 1.19 bits per heavy atom. The molecule has 0 radical (unpaired) electrons. The number of unbranched alkanes of at least 4 members (excludes halogenated alkanes) is 14. The van der Waals surface area contributed by atoms with Gasteiger partial charge in [0.15, 0.2) is 0 Å². The van der Waals surface area contributed by atoms with Gasteiger partial charge < -0.3 is 19.8 Å². The highest BCUT2D eigenvalue weighted by Crippen LogP contribution is 2.17. The van der Waals surface area contributed by atoms with E-state index >= 15 is 0 Å². The molecule has 0 aromatic heterocycles. The van der Waals surface area contributed by atoms with Crippen molar-refractivity contribution in [3.8, 4) is 0 Å². The summed E-state index contributed by atoms with van der Waals surface area (Å²) in [5, 5.41) is 27.3. The third kappa shape index (κ3) is 22.6. The predicted octanol–water partition coefficient (Wildman–Crippen LogP) is 7.05. The average molecular weight is 513 g/mol. The van der Waals surface area contributed by atoms with Crippen LogP contribution in [0, 0.1) is 0 Å². The highest BCUT2D eigenvalue weighted by atomic mass is 16.4. The van der Waals surface area contributed by atoms with Crippen molar-refractivity contribution in [2.45, 2.75) is 129 Å². The molecular weight excluding hydrogens is 458 g/mol. The Morgan fingerprint density at radius 2 is 0.833 bits per heavy atom. The molecular formula is C29H54NO6+. The van der Waals surface area contributed by atoms with Crippen molar-refractivity contribution in [1.82, 2.24) is 0 Å². The number of nitrogens with zero attached hydrogens (tertiary/aromatic N) is 1. The van der Waals surface area contributed by atoms with E-state index in [1.165, 1.54) is 70.6 Å². The van der Waals surface area contributed by atoms with Crippen LogP contribution in [0.3, 0.4) is 0 Å². The molecule has 0 aromatic rings. The van der Waals surface area contributed by atoms with E-state index in [-0.39, 0.29) is 43.4 Å². The van der Waals surface area contributed by atoms with Gasteiger partial charge in [-0.3, -0.25) is 14.4 Å². The summed E-state index contributed by atoms with van der Waals surface area (Å²) < 4.78 is 0.258. The van der Waals surface area contributed by atoms with Crippen molar-refractivity contribution < 1.29 is 34.2 Å². The van der Waals surface area contributed by atoms with Crippen molar-refractivity contribution in [2.24, 2.45) is 0 Å². The van der Waals surface area contributed by atoms with Crippen LogP contribution in [0.1, 0.15) is 129 Å². The average Bonchev–Trinajstić information content (AvgIpc) is 2.83. The molecule has 7 heteroatoms. The number of aliphatic carboxylic acids is 3. The summed E-state index contributed by atoms with van der Waals surface area (Å²) >= 11 is 0. The molecule has 0 atom stereocenters. The van der Waals surface area contributed by atoms with Crippen LogP contribution in [0.2, 0.25) is 0 Å². The van der Waals surface area contributed by atoms with Crippen molar-refractivity contribution in [2.75, 3.05) is 26.2 Å². The summed E-state index contributed by atoms with van der Waals surface area (Å²) in [5.74, 6) is -2.81. The molecule has 0 saturated carbocycles. The van der Waals surface area contributed by atoms with Gasteiger partial charge >= 0.3 is 17.9 Å². The van der Waals surface area contributed by atoms with Crippen LogP contribution in [0.25, 0.3) is 0 Å². The highest BCUT2D eigenvalue weighted by molar-refractivity contribution is 5.67. The molecule has 0 bridgehead atoms. The van der Waals surface area contributed by atoms with E-state index in [0.29, 0.717) is 6.54 Å². The van der Waals surface area contributed by atoms with Gasteiger partial charge in [-0.2, -0.15) is 0 Å². The van der Waals surface area contributed by atoms with E-state index in [0.717, 1.165) is 32.1 Å². The van der Waals surface area contributed by atoms with E-state index in [9.17, 15) is 14.4 Å². The molecule has 36 heavy (non-hydrogen) atoms. The van der Waals surface area contributed by atoms with Crippen molar-refractivity contribution in [3.05, 3.63) is 12.2 Å². The number of carboxylic acid groups (broad SMARTS) is 3. The van der Waals surface area contributed by atoms with Gasteiger partial charge in [0.25, 0.3) is 0 Å². The molecule has 0 saturated heterocycles. The van der Waals surface area contributed by atoms with Crippen LogP contribution >= 0.6 is 0 Å². The van der Waals surface area contributed by atoms with Gasteiger partial charge in [-0.05, 0) is 38.5 Å². The Labute approximate surface area is 219 Å². The third-order valence-electron chi connectivity index (χ3n) is 7.04. The smallest absolute Gasteiger partial charge is 0.309 e. The fourth-order valence-corrected chi connectivity index (χ4v) is 4.72. The number of carboxylic acids is 3. The summed E-state index contributed by atoms with van der Waals surface area (Å²) in [4.78, 5) is 33.4. The van der Waals surface area contributed by atoms with Crippen LogP contribution < -0.4 is 0 Å². The second-order valence-electron chi connectivity index (χ2n) is 10.3. The zero-order valence-corrected chi connectivity index (χ0v) is 22.9. The van der Waals surface area contributed by atoms with E-state index in [1.54, 1.807) is 0 Å². The fraction of sp³-hybridized carbons (Fsp3) is 0.828. The van der Waals surface area contributed by atoms with Crippen LogP contribution in [0.4, 0.5) is 0 Å². The van der Waals surface area contributed by atoms with Crippen LogP contribution in [-0.2, 0) is 14.4 Å². The Balaban J connectivity index is 4.03. The standard InChI is InChI=1S/C29H53NO6/c1-2-3-4-5-6-7-8-9-10-11-12-13-14-15-16-17-18-19-23-30(24-20-27(31)32,25-21-28(33)34)26-22-29(35)36/h11-12H,2-10,13-26H2,1H3,(H2-,31,32,33,34,35,36)/p+1/b12-11+. The number of hydrogen-bond acceptors (Lipinski definition) is 3. The lowest BCUT2D eigenvalue weighted by Crippen LogP contribution is -2.52. The Hall–Kier alpha value is -1.89. The molecule has 0 aliphatic rings. The topological polar surface area (TPSA) is 112 Å². The van der Waals surface area contributed by atoms with E-state index in [1.807, 2.05) is 0 Å². The largest absolute Gasteiger partial charge is 0.481 e. The van der Waals surface area contributed by atoms with Crippen LogP contribution in [0.15, 0.2) is 12.2 Å².